The van der Waals surface area contributed by atoms with Gasteiger partial charge in [0.05, 0.1) is 5.57 Å². The SMILES string of the molecule is CN1C=C(C(=O)N2CCC(c3cccc(F)c3)CC2)C2=CCC(NC=C2)C1=O. The number of piperidine rings is 1. The normalized spacial score (nSPS) is 22.8. The number of carbonyl (C=O) groups excluding carboxylic acids is 2. The molecule has 4 rings (SSSR count). The number of likely N-dealkylation sites (tertiary alicyclic amines) is 1. The zero-order valence-corrected chi connectivity index (χ0v) is 15.9. The van der Waals surface area contributed by atoms with Crippen molar-refractivity contribution in [1.29, 1.82) is 0 Å². The molecule has 0 spiro atoms. The molecule has 0 aliphatic carbocycles. The first-order valence-corrected chi connectivity index (χ1v) is 9.69. The van der Waals surface area contributed by atoms with Crippen molar-refractivity contribution < 1.29 is 14.0 Å². The van der Waals surface area contributed by atoms with Gasteiger partial charge in [-0.3, -0.25) is 9.59 Å². The van der Waals surface area contributed by atoms with E-state index in [0.717, 1.165) is 24.0 Å². The van der Waals surface area contributed by atoms with Crippen molar-refractivity contribution in [1.82, 2.24) is 15.1 Å². The molecule has 1 unspecified atom stereocenters. The van der Waals surface area contributed by atoms with E-state index >= 15 is 0 Å². The van der Waals surface area contributed by atoms with Crippen molar-refractivity contribution in [2.24, 2.45) is 0 Å². The van der Waals surface area contributed by atoms with Gasteiger partial charge in [0.15, 0.2) is 0 Å². The molecule has 2 bridgehead atoms. The Hall–Kier alpha value is -2.89. The molecule has 3 aliphatic heterocycles. The van der Waals surface area contributed by atoms with Crippen molar-refractivity contribution in [3.8, 4) is 0 Å². The molecule has 0 radical (unpaired) electrons. The summed E-state index contributed by atoms with van der Waals surface area (Å²) in [5, 5.41) is 3.09. The van der Waals surface area contributed by atoms with Gasteiger partial charge < -0.3 is 15.1 Å². The largest absolute Gasteiger partial charge is 0.379 e. The van der Waals surface area contributed by atoms with Crippen molar-refractivity contribution >= 4 is 11.8 Å². The second-order valence-corrected chi connectivity index (χ2v) is 7.56. The van der Waals surface area contributed by atoms with E-state index in [9.17, 15) is 14.0 Å². The Bertz CT molecular complexity index is 882. The third-order valence-corrected chi connectivity index (χ3v) is 5.75. The Morgan fingerprint density at radius 1 is 1.25 bits per heavy atom. The van der Waals surface area contributed by atoms with Crippen LogP contribution in [0.15, 0.2) is 60.0 Å². The fraction of sp³-hybridized carbons (Fsp3) is 0.364. The molecule has 1 aromatic carbocycles. The monoisotopic (exact) mass is 381 g/mol. The predicted octanol–water partition coefficient (Wildman–Crippen LogP) is 2.69. The molecule has 3 heterocycles. The van der Waals surface area contributed by atoms with E-state index in [1.54, 1.807) is 31.6 Å². The number of carbonyl (C=O) groups is 2. The molecular weight excluding hydrogens is 357 g/mol. The van der Waals surface area contributed by atoms with E-state index < -0.39 is 0 Å². The minimum absolute atomic E-state index is 0.0584. The standard InChI is InChI=1S/C22H24FN3O2/c1-25-14-19(16-5-6-20(22(25)28)24-10-7-16)21(27)26-11-8-15(9-12-26)17-3-2-4-18(23)13-17/h2-5,7,10,13-15,20,24H,6,8-9,11-12H2,1H3. The van der Waals surface area contributed by atoms with Crippen molar-refractivity contribution in [3.05, 3.63) is 71.3 Å². The Balaban J connectivity index is 1.50. The number of halogens is 1. The van der Waals surface area contributed by atoms with E-state index in [2.05, 4.69) is 5.32 Å². The minimum atomic E-state index is -0.298. The van der Waals surface area contributed by atoms with Gasteiger partial charge in [-0.05, 0) is 60.7 Å². The molecule has 1 fully saturated rings. The lowest BCUT2D eigenvalue weighted by Crippen LogP contribution is -2.42. The number of amides is 2. The highest BCUT2D eigenvalue weighted by Gasteiger charge is 2.30. The average Bonchev–Trinajstić information content (AvgIpc) is 2.94. The maximum absolute atomic E-state index is 13.5. The number of nitrogens with zero attached hydrogens (tertiary/aromatic N) is 2. The summed E-state index contributed by atoms with van der Waals surface area (Å²) in [5.74, 6) is -0.0785. The molecule has 6 heteroatoms. The van der Waals surface area contributed by atoms with Crippen LogP contribution < -0.4 is 5.32 Å². The second-order valence-electron chi connectivity index (χ2n) is 7.56. The van der Waals surface area contributed by atoms with Crippen LogP contribution in [0.2, 0.25) is 0 Å². The van der Waals surface area contributed by atoms with E-state index in [0.29, 0.717) is 25.1 Å². The molecule has 1 atom stereocenters. The number of nitrogens with one attached hydrogen (secondary N) is 1. The van der Waals surface area contributed by atoms with Gasteiger partial charge >= 0.3 is 0 Å². The van der Waals surface area contributed by atoms with Crippen LogP contribution in [0.3, 0.4) is 0 Å². The fourth-order valence-electron chi connectivity index (χ4n) is 4.11. The first kappa shape index (κ1) is 18.5. The van der Waals surface area contributed by atoms with Crippen LogP contribution in [0.4, 0.5) is 4.39 Å². The summed E-state index contributed by atoms with van der Waals surface area (Å²) >= 11 is 0. The zero-order valence-electron chi connectivity index (χ0n) is 15.9. The van der Waals surface area contributed by atoms with Gasteiger partial charge in [-0.1, -0.05) is 18.2 Å². The summed E-state index contributed by atoms with van der Waals surface area (Å²) in [7, 11) is 1.69. The quantitative estimate of drug-likeness (QED) is 0.857. The number of hydrogen-bond acceptors (Lipinski definition) is 3. The van der Waals surface area contributed by atoms with Crippen molar-refractivity contribution in [3.63, 3.8) is 0 Å². The molecule has 5 nitrogen and oxygen atoms in total. The van der Waals surface area contributed by atoms with E-state index in [1.165, 1.54) is 11.0 Å². The van der Waals surface area contributed by atoms with Gasteiger partial charge in [0.1, 0.15) is 11.9 Å². The van der Waals surface area contributed by atoms with Crippen LogP contribution in [0.1, 0.15) is 30.7 Å². The van der Waals surface area contributed by atoms with Gasteiger partial charge in [0.2, 0.25) is 5.91 Å². The molecule has 1 saturated heterocycles. The lowest BCUT2D eigenvalue weighted by Gasteiger charge is -2.33. The van der Waals surface area contributed by atoms with E-state index in [1.807, 2.05) is 23.1 Å². The third-order valence-electron chi connectivity index (χ3n) is 5.75. The highest BCUT2D eigenvalue weighted by molar-refractivity contribution is 6.00. The highest BCUT2D eigenvalue weighted by atomic mass is 19.1. The summed E-state index contributed by atoms with van der Waals surface area (Å²) < 4.78 is 13.5. The van der Waals surface area contributed by atoms with Crippen LogP contribution in [0.25, 0.3) is 0 Å². The molecule has 1 aromatic rings. The number of hydrogen-bond donors (Lipinski definition) is 1. The molecular formula is C22H24FN3O2. The van der Waals surface area contributed by atoms with Gasteiger partial charge in [-0.25, -0.2) is 4.39 Å². The molecule has 0 saturated carbocycles. The van der Waals surface area contributed by atoms with Crippen molar-refractivity contribution in [2.75, 3.05) is 20.1 Å². The fourth-order valence-corrected chi connectivity index (χ4v) is 4.11. The Kier molecular flexibility index (Phi) is 5.03. The van der Waals surface area contributed by atoms with Gasteiger partial charge in [0.25, 0.3) is 5.91 Å². The second kappa shape index (κ2) is 7.62. The molecule has 0 aromatic heterocycles. The van der Waals surface area contributed by atoms with E-state index in [-0.39, 0.29) is 29.6 Å². The van der Waals surface area contributed by atoms with Crippen LogP contribution in [0.5, 0.6) is 0 Å². The number of benzene rings is 1. The van der Waals surface area contributed by atoms with Crippen LogP contribution in [-0.4, -0.2) is 47.8 Å². The zero-order chi connectivity index (χ0) is 19.7. The average molecular weight is 381 g/mol. The molecule has 28 heavy (non-hydrogen) atoms. The molecule has 146 valence electrons. The highest BCUT2D eigenvalue weighted by Crippen LogP contribution is 2.30. The number of allylic oxidation sites excluding steroid dienone is 1. The van der Waals surface area contributed by atoms with Crippen molar-refractivity contribution in [2.45, 2.75) is 31.2 Å². The predicted molar refractivity (Wildman–Crippen MR) is 105 cm³/mol. The minimum Gasteiger partial charge on any atom is -0.379 e. The first-order valence-electron chi connectivity index (χ1n) is 9.69. The van der Waals surface area contributed by atoms with Gasteiger partial charge in [-0.15, -0.1) is 0 Å². The van der Waals surface area contributed by atoms with Crippen LogP contribution in [0, 0.1) is 5.82 Å². The molecule has 3 aliphatic rings. The van der Waals surface area contributed by atoms with Crippen LogP contribution >= 0.6 is 0 Å². The molecule has 1 N–H and O–H groups in total. The summed E-state index contributed by atoms with van der Waals surface area (Å²) in [6.07, 6.45) is 9.37. The maximum atomic E-state index is 13.5. The first-order chi connectivity index (χ1) is 13.5. The lowest BCUT2D eigenvalue weighted by atomic mass is 9.89. The molecule has 2 amide bonds. The third kappa shape index (κ3) is 3.59. The van der Waals surface area contributed by atoms with Gasteiger partial charge in [-0.2, -0.15) is 0 Å². The topological polar surface area (TPSA) is 52.7 Å². The lowest BCUT2D eigenvalue weighted by molar-refractivity contribution is -0.129. The van der Waals surface area contributed by atoms with E-state index in [4.69, 9.17) is 0 Å². The Morgan fingerprint density at radius 2 is 2.04 bits per heavy atom. The maximum Gasteiger partial charge on any atom is 0.255 e. The number of rotatable bonds is 2. The summed E-state index contributed by atoms with van der Waals surface area (Å²) in [6.45, 7) is 1.24. The summed E-state index contributed by atoms with van der Waals surface area (Å²) in [4.78, 5) is 29.1. The smallest absolute Gasteiger partial charge is 0.255 e. The number of fused-ring (bicyclic) bond motifs is 2. The Morgan fingerprint density at radius 3 is 2.79 bits per heavy atom. The summed E-state index contributed by atoms with van der Waals surface area (Å²) in [6, 6.07) is 6.43. The number of likely N-dealkylation sites (N-methyl/N-ethyl adjacent to an activating group) is 1. The van der Waals surface area contributed by atoms with Crippen LogP contribution in [-0.2, 0) is 9.59 Å². The van der Waals surface area contributed by atoms with Gasteiger partial charge in [0, 0.05) is 26.3 Å². The summed E-state index contributed by atoms with van der Waals surface area (Å²) in [5.41, 5.74) is 2.37. The Labute approximate surface area is 164 Å².